The number of nitrogens with zero attached hydrogens (tertiary/aromatic N) is 1. The highest BCUT2D eigenvalue weighted by atomic mass is 35.5. The number of hydrogen-bond donors (Lipinski definition) is 1. The van der Waals surface area contributed by atoms with Crippen molar-refractivity contribution in [2.45, 2.75) is 19.3 Å². The van der Waals surface area contributed by atoms with E-state index in [1.165, 1.54) is 12.0 Å². The molecule has 1 aliphatic carbocycles. The molecule has 2 aromatic carbocycles. The summed E-state index contributed by atoms with van der Waals surface area (Å²) in [4.78, 5) is 0. The lowest BCUT2D eigenvalue weighted by atomic mass is 9.89. The molecule has 0 spiro atoms. The van der Waals surface area contributed by atoms with Gasteiger partial charge in [0.1, 0.15) is 0 Å². The lowest BCUT2D eigenvalue weighted by Gasteiger charge is -2.16. The summed E-state index contributed by atoms with van der Waals surface area (Å²) in [7, 11) is 0. The van der Waals surface area contributed by atoms with Crippen LogP contribution in [0.1, 0.15) is 30.4 Å². The van der Waals surface area contributed by atoms with Crippen molar-refractivity contribution >= 4 is 35.0 Å². The number of benzene rings is 2. The van der Waals surface area contributed by atoms with Gasteiger partial charge >= 0.3 is 0 Å². The standard InChI is InChI=1S/C18H14Cl2N2/c19-16-8-15(22)9-17(20)18(16)13-5-4-12(14(7-13)10-21)6-11-2-1-3-11/h4-9H,1-3,22H2. The normalized spacial score (nSPS) is 13.4. The molecule has 0 heterocycles. The van der Waals surface area contributed by atoms with Gasteiger partial charge in [-0.05, 0) is 48.6 Å². The second-order valence-corrected chi connectivity index (χ2v) is 6.24. The molecule has 4 heteroatoms. The van der Waals surface area contributed by atoms with Crippen molar-refractivity contribution in [1.29, 1.82) is 5.26 Å². The van der Waals surface area contributed by atoms with Gasteiger partial charge in [0.05, 0.1) is 21.7 Å². The Bertz CT molecular complexity index is 787. The van der Waals surface area contributed by atoms with Crippen molar-refractivity contribution in [3.63, 3.8) is 0 Å². The second kappa shape index (κ2) is 6.04. The van der Waals surface area contributed by atoms with Gasteiger partial charge in [-0.2, -0.15) is 5.26 Å². The first-order chi connectivity index (χ1) is 10.6. The van der Waals surface area contributed by atoms with Gasteiger partial charge in [0.2, 0.25) is 0 Å². The quantitative estimate of drug-likeness (QED) is 0.720. The average molecular weight is 329 g/mol. The van der Waals surface area contributed by atoms with E-state index in [0.717, 1.165) is 24.0 Å². The van der Waals surface area contributed by atoms with Gasteiger partial charge in [-0.15, -0.1) is 0 Å². The lowest BCUT2D eigenvalue weighted by Crippen LogP contribution is -1.97. The molecule has 2 N–H and O–H groups in total. The molecule has 3 rings (SSSR count). The fourth-order valence-corrected chi connectivity index (χ4v) is 3.27. The first kappa shape index (κ1) is 15.0. The minimum atomic E-state index is 0.485. The maximum Gasteiger partial charge on any atom is 0.0998 e. The van der Waals surface area contributed by atoms with Gasteiger partial charge in [0.15, 0.2) is 0 Å². The fourth-order valence-electron chi connectivity index (χ4n) is 2.55. The molecule has 0 amide bonds. The molecule has 0 aromatic heterocycles. The van der Waals surface area contributed by atoms with Gasteiger partial charge in [-0.1, -0.05) is 47.0 Å². The third kappa shape index (κ3) is 2.83. The van der Waals surface area contributed by atoms with Crippen LogP contribution in [0.15, 0.2) is 35.9 Å². The maximum atomic E-state index is 9.41. The van der Waals surface area contributed by atoms with Crippen molar-refractivity contribution in [2.75, 3.05) is 5.73 Å². The summed E-state index contributed by atoms with van der Waals surface area (Å²) in [6, 6.07) is 11.3. The van der Waals surface area contributed by atoms with E-state index < -0.39 is 0 Å². The Morgan fingerprint density at radius 1 is 1.09 bits per heavy atom. The third-order valence-electron chi connectivity index (χ3n) is 3.88. The van der Waals surface area contributed by atoms with Crippen molar-refractivity contribution in [3.8, 4) is 17.2 Å². The zero-order valence-corrected chi connectivity index (χ0v) is 13.4. The SMILES string of the molecule is N#Cc1cc(-c2c(Cl)cc(N)cc2Cl)ccc1C=C1CCC1. The minimum Gasteiger partial charge on any atom is -0.399 e. The molecule has 1 saturated carbocycles. The zero-order valence-electron chi connectivity index (χ0n) is 11.9. The molecule has 1 aliphatic rings. The molecule has 0 aliphatic heterocycles. The molecular formula is C18H14Cl2N2. The molecule has 22 heavy (non-hydrogen) atoms. The molecule has 2 aromatic rings. The Morgan fingerprint density at radius 3 is 2.32 bits per heavy atom. The van der Waals surface area contributed by atoms with Crippen LogP contribution < -0.4 is 5.73 Å². The maximum absolute atomic E-state index is 9.41. The first-order valence-corrected chi connectivity index (χ1v) is 7.82. The summed E-state index contributed by atoms with van der Waals surface area (Å²) >= 11 is 12.5. The Balaban J connectivity index is 2.08. The van der Waals surface area contributed by atoms with Gasteiger partial charge in [0, 0.05) is 11.3 Å². The average Bonchev–Trinajstić information content (AvgIpc) is 2.42. The molecule has 0 atom stereocenters. The van der Waals surface area contributed by atoms with Crippen LogP contribution in [0.5, 0.6) is 0 Å². The van der Waals surface area contributed by atoms with Gasteiger partial charge < -0.3 is 5.73 Å². The molecule has 0 radical (unpaired) electrons. The van der Waals surface area contributed by atoms with Crippen molar-refractivity contribution < 1.29 is 0 Å². The Labute approximate surface area is 139 Å². The van der Waals surface area contributed by atoms with Crippen molar-refractivity contribution in [1.82, 2.24) is 0 Å². The molecule has 2 nitrogen and oxygen atoms in total. The Hall–Kier alpha value is -1.95. The molecule has 1 fully saturated rings. The lowest BCUT2D eigenvalue weighted by molar-refractivity contribution is 0.670. The highest BCUT2D eigenvalue weighted by Gasteiger charge is 2.13. The van der Waals surface area contributed by atoms with E-state index in [9.17, 15) is 5.26 Å². The van der Waals surface area contributed by atoms with Crippen LogP contribution >= 0.6 is 23.2 Å². The summed E-state index contributed by atoms with van der Waals surface area (Å²) in [6.45, 7) is 0. The number of nitriles is 1. The summed E-state index contributed by atoms with van der Waals surface area (Å²) in [5.74, 6) is 0. The molecular weight excluding hydrogens is 315 g/mol. The number of nitrogen functional groups attached to an aromatic ring is 1. The van der Waals surface area contributed by atoms with Crippen LogP contribution in [0.2, 0.25) is 10.0 Å². The smallest absolute Gasteiger partial charge is 0.0998 e. The number of rotatable bonds is 2. The van der Waals surface area contributed by atoms with E-state index in [1.807, 2.05) is 18.2 Å². The monoisotopic (exact) mass is 328 g/mol. The van der Waals surface area contributed by atoms with Crippen molar-refractivity contribution in [3.05, 3.63) is 57.1 Å². The molecule has 0 unspecified atom stereocenters. The summed E-state index contributed by atoms with van der Waals surface area (Å²) < 4.78 is 0. The minimum absolute atomic E-state index is 0.485. The van der Waals surface area contributed by atoms with E-state index in [0.29, 0.717) is 26.9 Å². The summed E-state index contributed by atoms with van der Waals surface area (Å²) in [5.41, 5.74) is 10.7. The Morgan fingerprint density at radius 2 is 1.77 bits per heavy atom. The fraction of sp³-hybridized carbons (Fsp3) is 0.167. The Kier molecular flexibility index (Phi) is 4.11. The van der Waals surface area contributed by atoms with E-state index in [4.69, 9.17) is 28.9 Å². The van der Waals surface area contributed by atoms with Crippen LogP contribution in [0, 0.1) is 11.3 Å². The van der Waals surface area contributed by atoms with Crippen LogP contribution in [-0.4, -0.2) is 0 Å². The predicted molar refractivity (Wildman–Crippen MR) is 92.9 cm³/mol. The van der Waals surface area contributed by atoms with Gasteiger partial charge in [0.25, 0.3) is 0 Å². The molecule has 110 valence electrons. The number of anilines is 1. The highest BCUT2D eigenvalue weighted by Crippen LogP contribution is 2.38. The topological polar surface area (TPSA) is 49.8 Å². The number of halogens is 2. The third-order valence-corrected chi connectivity index (χ3v) is 4.48. The van der Waals surface area contributed by atoms with E-state index in [1.54, 1.807) is 12.1 Å². The van der Waals surface area contributed by atoms with E-state index in [2.05, 4.69) is 12.1 Å². The van der Waals surface area contributed by atoms with E-state index in [-0.39, 0.29) is 0 Å². The number of allylic oxidation sites excluding steroid dienone is 1. The molecule has 0 saturated heterocycles. The summed E-state index contributed by atoms with van der Waals surface area (Å²) in [5, 5.41) is 10.4. The van der Waals surface area contributed by atoms with E-state index >= 15 is 0 Å². The van der Waals surface area contributed by atoms with Crippen LogP contribution in [0.3, 0.4) is 0 Å². The largest absolute Gasteiger partial charge is 0.399 e. The van der Waals surface area contributed by atoms with Crippen LogP contribution in [-0.2, 0) is 0 Å². The second-order valence-electron chi connectivity index (χ2n) is 5.43. The number of nitrogens with two attached hydrogens (primary N) is 1. The predicted octanol–water partition coefficient (Wildman–Crippen LogP) is 5.68. The van der Waals surface area contributed by atoms with Gasteiger partial charge in [-0.25, -0.2) is 0 Å². The van der Waals surface area contributed by atoms with Crippen LogP contribution in [0.25, 0.3) is 17.2 Å². The zero-order chi connectivity index (χ0) is 15.7. The summed E-state index contributed by atoms with van der Waals surface area (Å²) in [6.07, 6.45) is 5.60. The van der Waals surface area contributed by atoms with Crippen molar-refractivity contribution in [2.24, 2.45) is 0 Å². The molecule has 0 bridgehead atoms. The van der Waals surface area contributed by atoms with Gasteiger partial charge in [-0.3, -0.25) is 0 Å². The highest BCUT2D eigenvalue weighted by molar-refractivity contribution is 6.39. The number of hydrogen-bond acceptors (Lipinski definition) is 2. The van der Waals surface area contributed by atoms with Crippen LogP contribution in [0.4, 0.5) is 5.69 Å². The first-order valence-electron chi connectivity index (χ1n) is 7.07.